The Bertz CT molecular complexity index is 1450. The smallest absolute Gasteiger partial charge is 0.481 e. The molecular formula is C26H21F3N4O4. The fourth-order valence-electron chi connectivity index (χ4n) is 3.88. The molecule has 3 aromatic heterocycles. The SMILES string of the molecule is Cc1cc(OCC2(C(=O)O)CC2)ncc1-c1ccc(-c2ncc(-c3ccccc3OC(F)(F)F)[nH]2)nc1. The predicted octanol–water partition coefficient (Wildman–Crippen LogP) is 5.65. The van der Waals surface area contributed by atoms with Crippen molar-refractivity contribution >= 4 is 5.97 Å². The van der Waals surface area contributed by atoms with Gasteiger partial charge in [-0.2, -0.15) is 0 Å². The first-order chi connectivity index (χ1) is 17.6. The van der Waals surface area contributed by atoms with Crippen LogP contribution >= 0.6 is 0 Å². The minimum atomic E-state index is -4.81. The average molecular weight is 510 g/mol. The van der Waals surface area contributed by atoms with Crippen LogP contribution < -0.4 is 9.47 Å². The van der Waals surface area contributed by atoms with Crippen molar-refractivity contribution < 1.29 is 32.5 Å². The Balaban J connectivity index is 1.31. The lowest BCUT2D eigenvalue weighted by Crippen LogP contribution is -2.23. The number of para-hydroxylation sites is 1. The molecule has 0 unspecified atom stereocenters. The highest BCUT2D eigenvalue weighted by atomic mass is 19.4. The van der Waals surface area contributed by atoms with Crippen molar-refractivity contribution in [2.24, 2.45) is 5.41 Å². The number of hydrogen-bond donors (Lipinski definition) is 2. The molecular weight excluding hydrogens is 489 g/mol. The molecule has 2 N–H and O–H groups in total. The van der Waals surface area contributed by atoms with Crippen LogP contribution in [0.25, 0.3) is 33.9 Å². The van der Waals surface area contributed by atoms with Crippen molar-refractivity contribution in [2.75, 3.05) is 6.61 Å². The zero-order valence-electron chi connectivity index (χ0n) is 19.5. The fourth-order valence-corrected chi connectivity index (χ4v) is 3.88. The molecule has 0 radical (unpaired) electrons. The molecule has 0 amide bonds. The molecule has 3 heterocycles. The number of carboxylic acid groups (broad SMARTS) is 1. The van der Waals surface area contributed by atoms with E-state index in [-0.39, 0.29) is 17.9 Å². The second kappa shape index (κ2) is 9.23. The first kappa shape index (κ1) is 24.3. The molecule has 0 spiro atoms. The number of nitrogens with zero attached hydrogens (tertiary/aromatic N) is 3. The summed E-state index contributed by atoms with van der Waals surface area (Å²) in [5.74, 6) is -0.445. The van der Waals surface area contributed by atoms with Gasteiger partial charge < -0.3 is 19.6 Å². The highest BCUT2D eigenvalue weighted by molar-refractivity contribution is 5.78. The molecule has 1 fully saturated rings. The lowest BCUT2D eigenvalue weighted by atomic mass is 10.0. The van der Waals surface area contributed by atoms with Gasteiger partial charge in [0.25, 0.3) is 0 Å². The van der Waals surface area contributed by atoms with Crippen LogP contribution in [0.15, 0.2) is 61.1 Å². The lowest BCUT2D eigenvalue weighted by Gasteiger charge is -2.13. The maximum atomic E-state index is 12.8. The quantitative estimate of drug-likeness (QED) is 0.315. The number of aromatic nitrogens is 4. The second-order valence-electron chi connectivity index (χ2n) is 8.83. The third-order valence-electron chi connectivity index (χ3n) is 6.19. The zero-order chi connectivity index (χ0) is 26.2. The number of ether oxygens (including phenoxy) is 2. The standard InChI is InChI=1S/C26H21F3N4O4/c1-15-10-22(36-14-25(8-9-25)24(34)35)31-12-18(15)16-6-7-19(30-11-16)23-32-13-20(33-23)17-4-2-3-5-21(17)37-26(27,28)29/h2-7,10-13H,8-9,14H2,1H3,(H,32,33)(H,34,35). The molecule has 5 rings (SSSR count). The number of alkyl halides is 3. The minimum absolute atomic E-state index is 0.0856. The monoisotopic (exact) mass is 510 g/mol. The summed E-state index contributed by atoms with van der Waals surface area (Å²) in [5, 5.41) is 9.29. The summed E-state index contributed by atoms with van der Waals surface area (Å²) >= 11 is 0. The van der Waals surface area contributed by atoms with E-state index >= 15 is 0 Å². The molecule has 11 heteroatoms. The largest absolute Gasteiger partial charge is 0.573 e. The molecule has 37 heavy (non-hydrogen) atoms. The third kappa shape index (κ3) is 5.25. The number of aliphatic carboxylic acids is 1. The Morgan fingerprint density at radius 3 is 2.49 bits per heavy atom. The summed E-state index contributed by atoms with van der Waals surface area (Å²) < 4.78 is 48.0. The summed E-state index contributed by atoms with van der Waals surface area (Å²) in [6, 6.07) is 11.1. The predicted molar refractivity (Wildman–Crippen MR) is 127 cm³/mol. The highest BCUT2D eigenvalue weighted by Gasteiger charge is 2.51. The maximum absolute atomic E-state index is 12.8. The number of rotatable bonds is 8. The van der Waals surface area contributed by atoms with Gasteiger partial charge in [-0.1, -0.05) is 18.2 Å². The molecule has 0 saturated heterocycles. The molecule has 0 aliphatic heterocycles. The van der Waals surface area contributed by atoms with Crippen molar-refractivity contribution in [1.82, 2.24) is 19.9 Å². The first-order valence-electron chi connectivity index (χ1n) is 11.3. The summed E-state index contributed by atoms with van der Waals surface area (Å²) in [6.45, 7) is 1.98. The number of carbonyl (C=O) groups is 1. The van der Waals surface area contributed by atoms with Crippen LogP contribution in [0.2, 0.25) is 0 Å². The molecule has 1 saturated carbocycles. The van der Waals surface area contributed by atoms with Crippen molar-refractivity contribution in [3.8, 4) is 45.5 Å². The number of aromatic amines is 1. The molecule has 1 aliphatic rings. The number of nitrogens with one attached hydrogen (secondary N) is 1. The molecule has 8 nitrogen and oxygen atoms in total. The maximum Gasteiger partial charge on any atom is 0.573 e. The van der Waals surface area contributed by atoms with Gasteiger partial charge in [0.05, 0.1) is 11.9 Å². The van der Waals surface area contributed by atoms with Gasteiger partial charge in [0.15, 0.2) is 5.82 Å². The van der Waals surface area contributed by atoms with E-state index in [1.807, 2.05) is 13.0 Å². The molecule has 0 atom stereocenters. The Morgan fingerprint density at radius 1 is 1.05 bits per heavy atom. The van der Waals surface area contributed by atoms with E-state index in [0.29, 0.717) is 35.9 Å². The second-order valence-corrected chi connectivity index (χ2v) is 8.83. The number of halogens is 3. The van der Waals surface area contributed by atoms with Crippen LogP contribution in [0.4, 0.5) is 13.2 Å². The number of pyridine rings is 2. The summed E-state index contributed by atoms with van der Waals surface area (Å²) in [7, 11) is 0. The Morgan fingerprint density at radius 2 is 1.84 bits per heavy atom. The molecule has 0 bridgehead atoms. The number of carboxylic acids is 1. The van der Waals surface area contributed by atoms with Gasteiger partial charge in [0.1, 0.15) is 23.5 Å². The van der Waals surface area contributed by atoms with Crippen LogP contribution in [0.5, 0.6) is 11.6 Å². The van der Waals surface area contributed by atoms with Crippen molar-refractivity contribution in [3.63, 3.8) is 0 Å². The van der Waals surface area contributed by atoms with Crippen LogP contribution in [0, 0.1) is 12.3 Å². The van der Waals surface area contributed by atoms with Crippen molar-refractivity contribution in [1.29, 1.82) is 0 Å². The van der Waals surface area contributed by atoms with E-state index in [1.54, 1.807) is 30.6 Å². The van der Waals surface area contributed by atoms with Gasteiger partial charge in [-0.05, 0) is 43.5 Å². The van der Waals surface area contributed by atoms with Gasteiger partial charge in [0.2, 0.25) is 5.88 Å². The van der Waals surface area contributed by atoms with Crippen LogP contribution in [0.3, 0.4) is 0 Å². The molecule has 1 aromatic carbocycles. The van der Waals surface area contributed by atoms with Gasteiger partial charge in [-0.25, -0.2) is 9.97 Å². The number of H-pyrrole nitrogens is 1. The lowest BCUT2D eigenvalue weighted by molar-refractivity contribution is -0.274. The third-order valence-corrected chi connectivity index (χ3v) is 6.19. The van der Waals surface area contributed by atoms with E-state index < -0.39 is 17.7 Å². The minimum Gasteiger partial charge on any atom is -0.481 e. The van der Waals surface area contributed by atoms with Gasteiger partial charge >= 0.3 is 12.3 Å². The summed E-state index contributed by atoms with van der Waals surface area (Å²) in [4.78, 5) is 27.3. The van der Waals surface area contributed by atoms with E-state index in [9.17, 15) is 23.1 Å². The Labute approximate surface area is 209 Å². The average Bonchev–Trinajstić information content (AvgIpc) is 3.51. The fraction of sp³-hybridized carbons (Fsp3) is 0.231. The number of benzene rings is 1. The topological polar surface area (TPSA) is 110 Å². The Hall–Kier alpha value is -4.41. The summed E-state index contributed by atoms with van der Waals surface area (Å²) in [6.07, 6.45) is 1.10. The van der Waals surface area contributed by atoms with E-state index in [1.165, 1.54) is 24.4 Å². The van der Waals surface area contributed by atoms with Crippen LogP contribution in [-0.4, -0.2) is 44.0 Å². The Kier molecular flexibility index (Phi) is 6.06. The first-order valence-corrected chi connectivity index (χ1v) is 11.3. The van der Waals surface area contributed by atoms with Crippen LogP contribution in [-0.2, 0) is 4.79 Å². The molecule has 4 aromatic rings. The summed E-state index contributed by atoms with van der Waals surface area (Å²) in [5.41, 5.74) is 2.76. The number of aryl methyl sites for hydroxylation is 1. The number of hydrogen-bond acceptors (Lipinski definition) is 6. The van der Waals surface area contributed by atoms with E-state index in [4.69, 9.17) is 4.74 Å². The highest BCUT2D eigenvalue weighted by Crippen LogP contribution is 2.46. The van der Waals surface area contributed by atoms with Crippen molar-refractivity contribution in [3.05, 3.63) is 66.6 Å². The van der Waals surface area contributed by atoms with Crippen LogP contribution in [0.1, 0.15) is 18.4 Å². The molecule has 1 aliphatic carbocycles. The number of imidazole rings is 1. The van der Waals surface area contributed by atoms with Crippen molar-refractivity contribution in [2.45, 2.75) is 26.1 Å². The zero-order valence-corrected chi connectivity index (χ0v) is 19.5. The van der Waals surface area contributed by atoms with Gasteiger partial charge in [0, 0.05) is 35.2 Å². The van der Waals surface area contributed by atoms with Gasteiger partial charge in [-0.15, -0.1) is 13.2 Å². The normalized spacial score (nSPS) is 14.3. The van der Waals surface area contributed by atoms with E-state index in [0.717, 1.165) is 16.7 Å². The van der Waals surface area contributed by atoms with Gasteiger partial charge in [-0.3, -0.25) is 9.78 Å². The molecule has 190 valence electrons. The van der Waals surface area contributed by atoms with E-state index in [2.05, 4.69) is 24.7 Å².